The van der Waals surface area contributed by atoms with Crippen LogP contribution >= 0.6 is 12.4 Å². The Kier molecular flexibility index (Phi) is 7.06. The average Bonchev–Trinajstić information content (AvgIpc) is 3.69. The van der Waals surface area contributed by atoms with Gasteiger partial charge in [-0.1, -0.05) is 24.3 Å². The van der Waals surface area contributed by atoms with Crippen molar-refractivity contribution in [2.24, 2.45) is 5.41 Å². The number of aryl methyl sites for hydroxylation is 1. The van der Waals surface area contributed by atoms with Gasteiger partial charge in [0.2, 0.25) is 17.7 Å². The SMILES string of the molecule is Cc1ccc2c(N3CCC4(CC4)C3=O)cccc2c1Oc1ncccc1-c1ccnc(N[C@H]2CCCNC2)n1.Cl. The summed E-state index contributed by atoms with van der Waals surface area (Å²) in [5.41, 5.74) is 3.39. The van der Waals surface area contributed by atoms with Crippen molar-refractivity contribution in [1.82, 2.24) is 20.3 Å². The van der Waals surface area contributed by atoms with Gasteiger partial charge in [0.1, 0.15) is 5.75 Å². The quantitative estimate of drug-likeness (QED) is 0.306. The Bertz CT molecular complexity index is 1570. The molecule has 1 aliphatic carbocycles. The van der Waals surface area contributed by atoms with E-state index in [0.717, 1.165) is 90.8 Å². The van der Waals surface area contributed by atoms with E-state index in [-0.39, 0.29) is 23.7 Å². The number of ether oxygens (including phenoxy) is 1. The maximum absolute atomic E-state index is 13.2. The third-order valence-electron chi connectivity index (χ3n) is 8.37. The minimum atomic E-state index is -0.103. The Hall–Kier alpha value is -3.75. The standard InChI is InChI=1S/C31H32N6O2.ClH/c1-20-9-10-22-23(6-2-8-26(22)37-18-14-31(12-13-31)29(37)38)27(20)39-28-24(7-4-16-33-28)25-11-17-34-30(36-25)35-21-5-3-15-32-19-21;/h2,4,6-11,16-17,21,32H,3,5,12-15,18-19H2,1H3,(H,34,35,36);1H/t21-;/m0./s1. The normalized spacial score (nSPS) is 19.5. The highest BCUT2D eigenvalue weighted by molar-refractivity contribution is 6.09. The first-order chi connectivity index (χ1) is 19.1. The van der Waals surface area contributed by atoms with Crippen molar-refractivity contribution in [2.75, 3.05) is 29.9 Å². The van der Waals surface area contributed by atoms with Crippen molar-refractivity contribution in [3.8, 4) is 22.9 Å². The Morgan fingerprint density at radius 2 is 1.93 bits per heavy atom. The van der Waals surface area contributed by atoms with Gasteiger partial charge in [0.15, 0.2) is 0 Å². The lowest BCUT2D eigenvalue weighted by atomic mass is 10.0. The molecule has 3 aliphatic rings. The summed E-state index contributed by atoms with van der Waals surface area (Å²) in [5.74, 6) is 2.09. The predicted octanol–water partition coefficient (Wildman–Crippen LogP) is 5.90. The lowest BCUT2D eigenvalue weighted by Gasteiger charge is -2.23. The number of nitrogens with one attached hydrogen (secondary N) is 2. The third kappa shape index (κ3) is 4.75. The largest absolute Gasteiger partial charge is 0.437 e. The number of rotatable bonds is 6. The molecular weight excluding hydrogens is 524 g/mol. The number of pyridine rings is 1. The van der Waals surface area contributed by atoms with Gasteiger partial charge in [-0.25, -0.2) is 15.0 Å². The highest BCUT2D eigenvalue weighted by atomic mass is 35.5. The molecule has 4 aromatic rings. The molecule has 7 rings (SSSR count). The summed E-state index contributed by atoms with van der Waals surface area (Å²) in [6.45, 7) is 4.77. The number of benzene rings is 2. The maximum atomic E-state index is 13.2. The van der Waals surface area contributed by atoms with Crippen LogP contribution in [0.3, 0.4) is 0 Å². The van der Waals surface area contributed by atoms with Gasteiger partial charge in [-0.05, 0) is 75.4 Å². The van der Waals surface area contributed by atoms with Crippen molar-refractivity contribution in [1.29, 1.82) is 0 Å². The zero-order valence-corrected chi connectivity index (χ0v) is 23.3. The summed E-state index contributed by atoms with van der Waals surface area (Å²) in [5, 5.41) is 8.85. The first-order valence-electron chi connectivity index (χ1n) is 13.9. The Balaban J connectivity index is 0.00000289. The second kappa shape index (κ2) is 10.7. The van der Waals surface area contributed by atoms with Crippen LogP contribution < -0.4 is 20.3 Å². The van der Waals surface area contributed by atoms with E-state index in [2.05, 4.69) is 38.8 Å². The number of amides is 1. The molecule has 0 bridgehead atoms. The summed E-state index contributed by atoms with van der Waals surface area (Å²) in [6.07, 6.45) is 8.71. The zero-order valence-electron chi connectivity index (χ0n) is 22.5. The molecule has 1 amide bonds. The molecule has 4 heterocycles. The molecule has 206 valence electrons. The van der Waals surface area contributed by atoms with Gasteiger partial charge in [-0.15, -0.1) is 12.4 Å². The molecule has 1 spiro atoms. The molecule has 2 aromatic carbocycles. The molecule has 2 saturated heterocycles. The number of halogens is 1. The van der Waals surface area contributed by atoms with Crippen molar-refractivity contribution in [3.63, 3.8) is 0 Å². The van der Waals surface area contributed by atoms with E-state index in [4.69, 9.17) is 9.72 Å². The molecule has 1 saturated carbocycles. The number of carbonyl (C=O) groups is 1. The van der Waals surface area contributed by atoms with Crippen LogP contribution in [-0.4, -0.2) is 46.5 Å². The van der Waals surface area contributed by atoms with Crippen molar-refractivity contribution < 1.29 is 9.53 Å². The fourth-order valence-electron chi connectivity index (χ4n) is 5.96. The van der Waals surface area contributed by atoms with E-state index in [1.807, 2.05) is 42.2 Å². The topological polar surface area (TPSA) is 92.3 Å². The van der Waals surface area contributed by atoms with Crippen LogP contribution in [0.15, 0.2) is 60.9 Å². The monoisotopic (exact) mass is 556 g/mol. The van der Waals surface area contributed by atoms with Crippen LogP contribution in [0, 0.1) is 12.3 Å². The minimum absolute atomic E-state index is 0. The Morgan fingerprint density at radius 1 is 1.02 bits per heavy atom. The lowest BCUT2D eigenvalue weighted by Crippen LogP contribution is -2.38. The van der Waals surface area contributed by atoms with Crippen molar-refractivity contribution in [2.45, 2.75) is 45.1 Å². The number of piperidine rings is 1. The van der Waals surface area contributed by atoms with E-state index in [1.54, 1.807) is 12.4 Å². The number of aromatic nitrogens is 3. The van der Waals surface area contributed by atoms with Gasteiger partial charge >= 0.3 is 0 Å². The van der Waals surface area contributed by atoms with Gasteiger partial charge < -0.3 is 20.3 Å². The summed E-state index contributed by atoms with van der Waals surface area (Å²) in [7, 11) is 0. The molecule has 3 fully saturated rings. The van der Waals surface area contributed by atoms with Crippen LogP contribution in [0.4, 0.5) is 11.6 Å². The highest BCUT2D eigenvalue weighted by Crippen LogP contribution is 2.55. The summed E-state index contributed by atoms with van der Waals surface area (Å²) in [4.78, 5) is 29.0. The molecule has 1 atom stereocenters. The number of anilines is 2. The molecule has 2 aliphatic heterocycles. The first kappa shape index (κ1) is 26.5. The van der Waals surface area contributed by atoms with Crippen LogP contribution in [0.2, 0.25) is 0 Å². The second-order valence-electron chi connectivity index (χ2n) is 11.0. The zero-order chi connectivity index (χ0) is 26.4. The van der Waals surface area contributed by atoms with Gasteiger partial charge in [-0.2, -0.15) is 0 Å². The summed E-state index contributed by atoms with van der Waals surface area (Å²) in [6, 6.07) is 16.3. The molecule has 8 nitrogen and oxygen atoms in total. The van der Waals surface area contributed by atoms with E-state index < -0.39 is 0 Å². The average molecular weight is 557 g/mol. The predicted molar refractivity (Wildman–Crippen MR) is 159 cm³/mol. The lowest BCUT2D eigenvalue weighted by molar-refractivity contribution is -0.121. The van der Waals surface area contributed by atoms with Crippen molar-refractivity contribution in [3.05, 3.63) is 66.5 Å². The van der Waals surface area contributed by atoms with Crippen molar-refractivity contribution >= 4 is 40.7 Å². The van der Waals surface area contributed by atoms with E-state index >= 15 is 0 Å². The molecule has 0 radical (unpaired) electrons. The number of hydrogen-bond acceptors (Lipinski definition) is 7. The van der Waals surface area contributed by atoms with Gasteiger partial charge in [-0.3, -0.25) is 4.79 Å². The summed E-state index contributed by atoms with van der Waals surface area (Å²) < 4.78 is 6.59. The van der Waals surface area contributed by atoms with Crippen LogP contribution in [0.25, 0.3) is 22.0 Å². The van der Waals surface area contributed by atoms with E-state index in [9.17, 15) is 4.79 Å². The fraction of sp³-hybridized carbons (Fsp3) is 0.355. The molecule has 2 N–H and O–H groups in total. The van der Waals surface area contributed by atoms with Gasteiger partial charge in [0, 0.05) is 42.3 Å². The summed E-state index contributed by atoms with van der Waals surface area (Å²) >= 11 is 0. The maximum Gasteiger partial charge on any atom is 0.233 e. The first-order valence-corrected chi connectivity index (χ1v) is 13.9. The second-order valence-corrected chi connectivity index (χ2v) is 11.0. The van der Waals surface area contributed by atoms with E-state index in [1.165, 1.54) is 0 Å². The number of carbonyl (C=O) groups excluding carboxylic acids is 1. The molecule has 40 heavy (non-hydrogen) atoms. The molecule has 0 unspecified atom stereocenters. The number of hydrogen-bond donors (Lipinski definition) is 2. The van der Waals surface area contributed by atoms with Gasteiger partial charge in [0.25, 0.3) is 0 Å². The number of nitrogens with zero attached hydrogens (tertiary/aromatic N) is 4. The fourth-order valence-corrected chi connectivity index (χ4v) is 5.96. The minimum Gasteiger partial charge on any atom is -0.437 e. The smallest absolute Gasteiger partial charge is 0.233 e. The Morgan fingerprint density at radius 3 is 2.73 bits per heavy atom. The number of fused-ring (bicyclic) bond motifs is 1. The van der Waals surface area contributed by atoms with Crippen LogP contribution in [-0.2, 0) is 4.79 Å². The van der Waals surface area contributed by atoms with Crippen LogP contribution in [0.1, 0.15) is 37.7 Å². The van der Waals surface area contributed by atoms with E-state index in [0.29, 0.717) is 17.9 Å². The molecule has 2 aromatic heterocycles. The highest BCUT2D eigenvalue weighted by Gasteiger charge is 2.55. The van der Waals surface area contributed by atoms with Crippen LogP contribution in [0.5, 0.6) is 11.6 Å². The Labute approximate surface area is 240 Å². The van der Waals surface area contributed by atoms with Gasteiger partial charge in [0.05, 0.1) is 22.4 Å². The molecule has 9 heteroatoms. The third-order valence-corrected chi connectivity index (χ3v) is 8.37. The molecular formula is C31H33ClN6O2.